The van der Waals surface area contributed by atoms with E-state index in [-0.39, 0.29) is 0 Å². The van der Waals surface area contributed by atoms with Gasteiger partial charge in [0.15, 0.2) is 6.29 Å². The van der Waals surface area contributed by atoms with Crippen LogP contribution in [-0.2, 0) is 9.47 Å². The Morgan fingerprint density at radius 1 is 1.40 bits per heavy atom. The second-order valence-corrected chi connectivity index (χ2v) is 3.61. The average molecular weight is 272 g/mol. The van der Waals surface area contributed by atoms with Crippen molar-refractivity contribution in [3.8, 4) is 0 Å². The SMILES string of the molecule is COC(OC)c1cc(Br)ccc1N=[N+]=[N-]. The van der Waals surface area contributed by atoms with Crippen molar-refractivity contribution in [3.05, 3.63) is 38.7 Å². The van der Waals surface area contributed by atoms with E-state index in [2.05, 4.69) is 26.0 Å². The molecule has 0 radical (unpaired) electrons. The molecule has 0 aliphatic rings. The zero-order chi connectivity index (χ0) is 11.3. The third-order valence-electron chi connectivity index (χ3n) is 1.82. The van der Waals surface area contributed by atoms with Crippen LogP contribution in [0.4, 0.5) is 5.69 Å². The summed E-state index contributed by atoms with van der Waals surface area (Å²) >= 11 is 3.33. The summed E-state index contributed by atoms with van der Waals surface area (Å²) in [5.41, 5.74) is 9.59. The molecule has 80 valence electrons. The summed E-state index contributed by atoms with van der Waals surface area (Å²) in [4.78, 5) is 2.75. The van der Waals surface area contributed by atoms with Crippen molar-refractivity contribution in [2.24, 2.45) is 5.11 Å². The van der Waals surface area contributed by atoms with E-state index in [0.29, 0.717) is 11.3 Å². The van der Waals surface area contributed by atoms with Crippen LogP contribution < -0.4 is 0 Å². The summed E-state index contributed by atoms with van der Waals surface area (Å²) in [6.07, 6.45) is -0.539. The lowest BCUT2D eigenvalue weighted by Gasteiger charge is -2.15. The Labute approximate surface area is 95.8 Å². The molecule has 0 N–H and O–H groups in total. The maximum atomic E-state index is 8.41. The number of azide groups is 1. The molecule has 5 nitrogen and oxygen atoms in total. The Morgan fingerprint density at radius 2 is 2.07 bits per heavy atom. The van der Waals surface area contributed by atoms with Crippen molar-refractivity contribution >= 4 is 21.6 Å². The van der Waals surface area contributed by atoms with Crippen molar-refractivity contribution in [2.75, 3.05) is 14.2 Å². The highest BCUT2D eigenvalue weighted by Gasteiger charge is 2.13. The number of nitrogens with zero attached hydrogens (tertiary/aromatic N) is 3. The standard InChI is InChI=1S/C9H10BrN3O2/c1-14-9(15-2)7-5-6(10)3-4-8(7)12-13-11/h3-5,9H,1-2H3. The number of hydrogen-bond donors (Lipinski definition) is 0. The van der Waals surface area contributed by atoms with Gasteiger partial charge in [-0.3, -0.25) is 0 Å². The minimum absolute atomic E-state index is 0.495. The van der Waals surface area contributed by atoms with Crippen molar-refractivity contribution in [2.45, 2.75) is 6.29 Å². The van der Waals surface area contributed by atoms with Crippen LogP contribution in [0.2, 0.25) is 0 Å². The van der Waals surface area contributed by atoms with E-state index >= 15 is 0 Å². The molecule has 0 aromatic heterocycles. The van der Waals surface area contributed by atoms with E-state index in [1.165, 1.54) is 14.2 Å². The van der Waals surface area contributed by atoms with Crippen LogP contribution in [0.3, 0.4) is 0 Å². The summed E-state index contributed by atoms with van der Waals surface area (Å²) in [5.74, 6) is 0. The third kappa shape index (κ3) is 2.94. The number of methoxy groups -OCH3 is 2. The Bertz CT molecular complexity index is 387. The Morgan fingerprint density at radius 3 is 2.60 bits per heavy atom. The van der Waals surface area contributed by atoms with Gasteiger partial charge < -0.3 is 9.47 Å². The van der Waals surface area contributed by atoms with Crippen molar-refractivity contribution in [1.29, 1.82) is 0 Å². The largest absolute Gasteiger partial charge is 0.352 e. The first-order valence-electron chi connectivity index (χ1n) is 4.13. The second-order valence-electron chi connectivity index (χ2n) is 2.70. The lowest BCUT2D eigenvalue weighted by Crippen LogP contribution is -2.03. The van der Waals surface area contributed by atoms with Gasteiger partial charge in [0.2, 0.25) is 0 Å². The van der Waals surface area contributed by atoms with E-state index < -0.39 is 6.29 Å². The van der Waals surface area contributed by atoms with E-state index in [1.807, 2.05) is 0 Å². The smallest absolute Gasteiger partial charge is 0.183 e. The lowest BCUT2D eigenvalue weighted by atomic mass is 10.2. The zero-order valence-corrected chi connectivity index (χ0v) is 9.93. The van der Waals surface area contributed by atoms with E-state index in [1.54, 1.807) is 18.2 Å². The molecule has 1 rings (SSSR count). The van der Waals surface area contributed by atoms with Gasteiger partial charge >= 0.3 is 0 Å². The maximum Gasteiger partial charge on any atom is 0.183 e. The minimum atomic E-state index is -0.539. The molecule has 0 unspecified atom stereocenters. The third-order valence-corrected chi connectivity index (χ3v) is 2.32. The normalized spacial score (nSPS) is 10.1. The molecule has 1 aromatic rings. The second kappa shape index (κ2) is 5.72. The highest BCUT2D eigenvalue weighted by molar-refractivity contribution is 9.10. The molecule has 0 aliphatic carbocycles. The van der Waals surface area contributed by atoms with E-state index in [0.717, 1.165) is 4.47 Å². The topological polar surface area (TPSA) is 67.2 Å². The zero-order valence-electron chi connectivity index (χ0n) is 8.35. The molecule has 0 amide bonds. The molecule has 0 fully saturated rings. The monoisotopic (exact) mass is 271 g/mol. The van der Waals surface area contributed by atoms with Gasteiger partial charge in [0.1, 0.15) is 0 Å². The number of halogens is 1. The number of ether oxygens (including phenoxy) is 2. The fourth-order valence-electron chi connectivity index (χ4n) is 1.20. The lowest BCUT2D eigenvalue weighted by molar-refractivity contribution is -0.105. The Balaban J connectivity index is 3.22. The highest BCUT2D eigenvalue weighted by Crippen LogP contribution is 2.31. The van der Waals surface area contributed by atoms with Crippen molar-refractivity contribution in [3.63, 3.8) is 0 Å². The van der Waals surface area contributed by atoms with Crippen LogP contribution in [-0.4, -0.2) is 14.2 Å². The van der Waals surface area contributed by atoms with Crippen LogP contribution in [0.15, 0.2) is 27.8 Å². The van der Waals surface area contributed by atoms with Gasteiger partial charge in [-0.05, 0) is 17.7 Å². The molecule has 0 aliphatic heterocycles. The van der Waals surface area contributed by atoms with Gasteiger partial charge in [-0.1, -0.05) is 27.1 Å². The first-order chi connectivity index (χ1) is 7.22. The molecule has 0 heterocycles. The van der Waals surface area contributed by atoms with Gasteiger partial charge in [0, 0.05) is 34.9 Å². The van der Waals surface area contributed by atoms with E-state index in [9.17, 15) is 0 Å². The van der Waals surface area contributed by atoms with Gasteiger partial charge in [-0.2, -0.15) is 0 Å². The molecule has 6 heteroatoms. The molecule has 0 spiro atoms. The summed E-state index contributed by atoms with van der Waals surface area (Å²) in [7, 11) is 3.05. The summed E-state index contributed by atoms with van der Waals surface area (Å²) in [6, 6.07) is 5.28. The Hall–Kier alpha value is -1.07. The average Bonchev–Trinajstić information content (AvgIpc) is 2.24. The summed E-state index contributed by atoms with van der Waals surface area (Å²) in [5, 5.41) is 3.56. The van der Waals surface area contributed by atoms with Crippen molar-refractivity contribution in [1.82, 2.24) is 0 Å². The van der Waals surface area contributed by atoms with Crippen LogP contribution >= 0.6 is 15.9 Å². The predicted octanol–water partition coefficient (Wildman–Crippen LogP) is 3.68. The van der Waals surface area contributed by atoms with Crippen LogP contribution in [0, 0.1) is 0 Å². The molecule has 0 atom stereocenters. The van der Waals surface area contributed by atoms with Gasteiger partial charge in [-0.25, -0.2) is 0 Å². The number of benzene rings is 1. The van der Waals surface area contributed by atoms with Gasteiger partial charge in [0.25, 0.3) is 0 Å². The van der Waals surface area contributed by atoms with Crippen molar-refractivity contribution < 1.29 is 9.47 Å². The van der Waals surface area contributed by atoms with Crippen LogP contribution in [0.5, 0.6) is 0 Å². The van der Waals surface area contributed by atoms with Gasteiger partial charge in [-0.15, -0.1) is 0 Å². The summed E-state index contributed by atoms with van der Waals surface area (Å²) in [6.45, 7) is 0. The maximum absolute atomic E-state index is 8.41. The first-order valence-corrected chi connectivity index (χ1v) is 4.92. The predicted molar refractivity (Wildman–Crippen MR) is 59.7 cm³/mol. The highest BCUT2D eigenvalue weighted by atomic mass is 79.9. The Kier molecular flexibility index (Phi) is 4.58. The fraction of sp³-hybridized carbons (Fsp3) is 0.333. The van der Waals surface area contributed by atoms with Crippen LogP contribution in [0.25, 0.3) is 10.4 Å². The molecule has 0 saturated carbocycles. The van der Waals surface area contributed by atoms with E-state index in [4.69, 9.17) is 15.0 Å². The fourth-order valence-corrected chi connectivity index (χ4v) is 1.58. The summed E-state index contributed by atoms with van der Waals surface area (Å²) < 4.78 is 11.1. The molecular formula is C9H10BrN3O2. The first kappa shape index (κ1) is 12.0. The number of rotatable bonds is 4. The molecule has 15 heavy (non-hydrogen) atoms. The molecule has 0 saturated heterocycles. The minimum Gasteiger partial charge on any atom is -0.352 e. The molecule has 0 bridgehead atoms. The van der Waals surface area contributed by atoms with Crippen LogP contribution in [0.1, 0.15) is 11.9 Å². The quantitative estimate of drug-likeness (QED) is 0.363. The molecular weight excluding hydrogens is 262 g/mol. The number of hydrogen-bond acceptors (Lipinski definition) is 3. The molecule has 1 aromatic carbocycles. The van der Waals surface area contributed by atoms with Gasteiger partial charge in [0.05, 0.1) is 0 Å².